The molecule has 1 amide bonds. The molecule has 0 aliphatic heterocycles. The van der Waals surface area contributed by atoms with Gasteiger partial charge in [0, 0.05) is 24.3 Å². The van der Waals surface area contributed by atoms with Gasteiger partial charge in [0.25, 0.3) is 0 Å². The standard InChI is InChI=1S/C22H28N4O2S/c1-5-15(6-2)21-25-26-22(29-21)24-19(27)11-12-20-23-13-18(28-20)17-9-7-16(8-10-17)14(3)4/h7-10,13-15H,5-6,11-12H2,1-4H3,(H,24,26,27). The van der Waals surface area contributed by atoms with E-state index in [1.54, 1.807) is 6.20 Å². The molecule has 6 nitrogen and oxygen atoms in total. The fourth-order valence-electron chi connectivity index (χ4n) is 3.08. The van der Waals surface area contributed by atoms with Gasteiger partial charge in [-0.15, -0.1) is 10.2 Å². The zero-order chi connectivity index (χ0) is 20.8. The molecule has 1 N–H and O–H groups in total. The number of nitrogens with zero attached hydrogens (tertiary/aromatic N) is 3. The maximum Gasteiger partial charge on any atom is 0.226 e. The first-order valence-electron chi connectivity index (χ1n) is 10.2. The van der Waals surface area contributed by atoms with Crippen molar-refractivity contribution in [3.8, 4) is 11.3 Å². The number of hydrogen-bond acceptors (Lipinski definition) is 6. The number of carbonyl (C=O) groups excluding carboxylic acids is 1. The van der Waals surface area contributed by atoms with E-state index in [0.29, 0.717) is 29.3 Å². The first-order valence-corrected chi connectivity index (χ1v) is 11.0. The molecule has 7 heteroatoms. The molecule has 0 aliphatic rings. The Kier molecular flexibility index (Phi) is 7.14. The lowest BCUT2D eigenvalue weighted by Gasteiger charge is -2.05. The molecular weight excluding hydrogens is 384 g/mol. The second kappa shape index (κ2) is 9.78. The lowest BCUT2D eigenvalue weighted by atomic mass is 10.0. The minimum absolute atomic E-state index is 0.113. The molecule has 0 spiro atoms. The Morgan fingerprint density at radius 1 is 1.14 bits per heavy atom. The summed E-state index contributed by atoms with van der Waals surface area (Å²) >= 11 is 1.45. The van der Waals surface area contributed by atoms with Crippen LogP contribution < -0.4 is 5.32 Å². The lowest BCUT2D eigenvalue weighted by Crippen LogP contribution is -2.12. The number of hydrogen-bond donors (Lipinski definition) is 1. The van der Waals surface area contributed by atoms with Crippen molar-refractivity contribution in [3.63, 3.8) is 0 Å². The predicted molar refractivity (Wildman–Crippen MR) is 116 cm³/mol. The van der Waals surface area contributed by atoms with E-state index >= 15 is 0 Å². The highest BCUT2D eigenvalue weighted by atomic mass is 32.1. The molecule has 2 aromatic heterocycles. The van der Waals surface area contributed by atoms with Crippen LogP contribution in [-0.2, 0) is 11.2 Å². The number of rotatable bonds is 9. The van der Waals surface area contributed by atoms with Gasteiger partial charge >= 0.3 is 0 Å². The smallest absolute Gasteiger partial charge is 0.226 e. The molecule has 1 aromatic carbocycles. The molecule has 3 aromatic rings. The van der Waals surface area contributed by atoms with E-state index in [1.807, 2.05) is 12.1 Å². The van der Waals surface area contributed by atoms with Gasteiger partial charge in [0.1, 0.15) is 5.01 Å². The summed E-state index contributed by atoms with van der Waals surface area (Å²) in [7, 11) is 0. The summed E-state index contributed by atoms with van der Waals surface area (Å²) in [5.74, 6) is 2.05. The van der Waals surface area contributed by atoms with Crippen molar-refractivity contribution in [2.45, 2.75) is 65.2 Å². The van der Waals surface area contributed by atoms with Gasteiger partial charge in [0.15, 0.2) is 11.7 Å². The fraction of sp³-hybridized carbons (Fsp3) is 0.455. The van der Waals surface area contributed by atoms with Crippen LogP contribution in [0.5, 0.6) is 0 Å². The summed E-state index contributed by atoms with van der Waals surface area (Å²) in [6.07, 6.45) is 4.47. The highest BCUT2D eigenvalue weighted by Crippen LogP contribution is 2.28. The van der Waals surface area contributed by atoms with Crippen LogP contribution in [0.1, 0.15) is 75.3 Å². The van der Waals surface area contributed by atoms with E-state index in [2.05, 4.69) is 60.3 Å². The summed E-state index contributed by atoms with van der Waals surface area (Å²) in [6, 6.07) is 8.29. The number of benzene rings is 1. The van der Waals surface area contributed by atoms with Gasteiger partial charge in [-0.3, -0.25) is 4.79 Å². The molecular formula is C22H28N4O2S. The molecule has 0 aliphatic carbocycles. The van der Waals surface area contributed by atoms with Gasteiger partial charge in [-0.1, -0.05) is 63.3 Å². The average Bonchev–Trinajstić information content (AvgIpc) is 3.37. The zero-order valence-electron chi connectivity index (χ0n) is 17.4. The average molecular weight is 413 g/mol. The topological polar surface area (TPSA) is 80.9 Å². The van der Waals surface area contributed by atoms with E-state index in [0.717, 1.165) is 29.2 Å². The summed E-state index contributed by atoms with van der Waals surface area (Å²) in [5, 5.41) is 12.7. The third-order valence-corrected chi connectivity index (χ3v) is 6.00. The Labute approximate surface area is 175 Å². The van der Waals surface area contributed by atoms with E-state index in [4.69, 9.17) is 4.42 Å². The van der Waals surface area contributed by atoms with Gasteiger partial charge in [-0.2, -0.15) is 0 Å². The lowest BCUT2D eigenvalue weighted by molar-refractivity contribution is -0.116. The van der Waals surface area contributed by atoms with Crippen molar-refractivity contribution < 1.29 is 9.21 Å². The van der Waals surface area contributed by atoms with Gasteiger partial charge in [-0.25, -0.2) is 4.98 Å². The number of carbonyl (C=O) groups is 1. The number of anilines is 1. The molecule has 0 unspecified atom stereocenters. The van der Waals surface area contributed by atoms with Crippen molar-refractivity contribution in [2.75, 3.05) is 5.32 Å². The third kappa shape index (κ3) is 5.50. The molecule has 0 atom stereocenters. The minimum atomic E-state index is -0.113. The monoisotopic (exact) mass is 412 g/mol. The maximum atomic E-state index is 12.2. The van der Waals surface area contributed by atoms with Crippen LogP contribution in [0.2, 0.25) is 0 Å². The summed E-state index contributed by atoms with van der Waals surface area (Å²) in [5.41, 5.74) is 2.27. The Bertz CT molecular complexity index is 926. The second-order valence-electron chi connectivity index (χ2n) is 7.40. The van der Waals surface area contributed by atoms with Crippen LogP contribution in [0.15, 0.2) is 34.9 Å². The van der Waals surface area contributed by atoms with Gasteiger partial charge in [0.2, 0.25) is 11.0 Å². The molecule has 0 fully saturated rings. The molecule has 0 saturated heterocycles. The Morgan fingerprint density at radius 2 is 1.86 bits per heavy atom. The Hall–Kier alpha value is -2.54. The van der Waals surface area contributed by atoms with E-state index in [-0.39, 0.29) is 12.3 Å². The maximum absolute atomic E-state index is 12.2. The van der Waals surface area contributed by atoms with Crippen molar-refractivity contribution >= 4 is 22.4 Å². The molecule has 0 radical (unpaired) electrons. The number of oxazole rings is 1. The van der Waals surface area contributed by atoms with E-state index < -0.39 is 0 Å². The van der Waals surface area contributed by atoms with Crippen molar-refractivity contribution in [1.82, 2.24) is 15.2 Å². The highest BCUT2D eigenvalue weighted by molar-refractivity contribution is 7.15. The third-order valence-electron chi connectivity index (χ3n) is 5.00. The Morgan fingerprint density at radius 3 is 2.52 bits per heavy atom. The predicted octanol–water partition coefficient (Wildman–Crippen LogP) is 5.79. The Balaban J connectivity index is 1.53. The van der Waals surface area contributed by atoms with Crippen LogP contribution in [0.3, 0.4) is 0 Å². The van der Waals surface area contributed by atoms with Crippen molar-refractivity contribution in [2.24, 2.45) is 0 Å². The fourth-order valence-corrected chi connectivity index (χ4v) is 4.11. The summed E-state index contributed by atoms with van der Waals surface area (Å²) in [4.78, 5) is 16.5. The van der Waals surface area contributed by atoms with Crippen LogP contribution in [0.25, 0.3) is 11.3 Å². The first kappa shape index (κ1) is 21.2. The summed E-state index contributed by atoms with van der Waals surface area (Å²) in [6.45, 7) is 8.61. The normalized spacial score (nSPS) is 11.4. The van der Waals surface area contributed by atoms with E-state index in [1.165, 1.54) is 16.9 Å². The number of aromatic nitrogens is 3. The molecule has 3 rings (SSSR count). The quantitative estimate of drug-likeness (QED) is 0.481. The van der Waals surface area contributed by atoms with Crippen molar-refractivity contribution in [1.29, 1.82) is 0 Å². The van der Waals surface area contributed by atoms with Crippen LogP contribution in [0, 0.1) is 0 Å². The second-order valence-corrected chi connectivity index (χ2v) is 8.41. The molecule has 0 saturated carbocycles. The van der Waals surface area contributed by atoms with Crippen molar-refractivity contribution in [3.05, 3.63) is 46.9 Å². The van der Waals surface area contributed by atoms with E-state index in [9.17, 15) is 4.79 Å². The van der Waals surface area contributed by atoms with Crippen LogP contribution in [-0.4, -0.2) is 21.1 Å². The highest BCUT2D eigenvalue weighted by Gasteiger charge is 2.15. The number of amides is 1. The molecule has 0 bridgehead atoms. The number of nitrogens with one attached hydrogen (secondary N) is 1. The van der Waals surface area contributed by atoms with Gasteiger partial charge < -0.3 is 9.73 Å². The summed E-state index contributed by atoms with van der Waals surface area (Å²) < 4.78 is 5.82. The van der Waals surface area contributed by atoms with Crippen LogP contribution in [0.4, 0.5) is 5.13 Å². The molecule has 2 heterocycles. The first-order chi connectivity index (χ1) is 14.0. The molecule has 29 heavy (non-hydrogen) atoms. The van der Waals surface area contributed by atoms with Gasteiger partial charge in [-0.05, 0) is 24.3 Å². The largest absolute Gasteiger partial charge is 0.441 e. The zero-order valence-corrected chi connectivity index (χ0v) is 18.3. The molecule has 154 valence electrons. The minimum Gasteiger partial charge on any atom is -0.441 e. The van der Waals surface area contributed by atoms with Gasteiger partial charge in [0.05, 0.1) is 6.20 Å². The SMILES string of the molecule is CCC(CC)c1nnc(NC(=O)CCc2ncc(-c3ccc(C(C)C)cc3)o2)s1. The van der Waals surface area contributed by atoms with Crippen LogP contribution >= 0.6 is 11.3 Å². The number of aryl methyl sites for hydroxylation is 1.